The minimum absolute atomic E-state index is 0.0783. The number of ether oxygens (including phenoxy) is 2. The summed E-state index contributed by atoms with van der Waals surface area (Å²) in [6.07, 6.45) is -0.0783. The number of nitrogens with two attached hydrogens (primary N) is 1. The maximum atomic E-state index is 6.28. The van der Waals surface area contributed by atoms with Crippen LogP contribution in [0, 0.1) is 0 Å². The van der Waals surface area contributed by atoms with Crippen LogP contribution in [0.2, 0.25) is 0 Å². The SMILES string of the molecule is CC(C)NC[C@H](COc1cccc2[nH]c3ccccc3c12)OCc1ccc(N)cc1. The van der Waals surface area contributed by atoms with Crippen LogP contribution in [-0.2, 0) is 11.3 Å². The summed E-state index contributed by atoms with van der Waals surface area (Å²) in [5.41, 5.74) is 9.82. The predicted molar refractivity (Wildman–Crippen MR) is 124 cm³/mol. The van der Waals surface area contributed by atoms with Gasteiger partial charge in [-0.2, -0.15) is 0 Å². The molecular weight excluding hydrogens is 374 g/mol. The summed E-state index contributed by atoms with van der Waals surface area (Å²) in [5, 5.41) is 5.74. The third kappa shape index (κ3) is 4.75. The molecule has 156 valence electrons. The number of aromatic nitrogens is 1. The Balaban J connectivity index is 1.49. The van der Waals surface area contributed by atoms with Crippen LogP contribution in [0.1, 0.15) is 19.4 Å². The first-order chi connectivity index (χ1) is 14.6. The molecule has 1 aromatic heterocycles. The van der Waals surface area contributed by atoms with E-state index in [9.17, 15) is 0 Å². The van der Waals surface area contributed by atoms with Gasteiger partial charge in [-0.05, 0) is 35.9 Å². The van der Waals surface area contributed by atoms with Crippen LogP contribution in [0.15, 0.2) is 66.7 Å². The Morgan fingerprint density at radius 1 is 0.933 bits per heavy atom. The van der Waals surface area contributed by atoms with Crippen molar-refractivity contribution in [2.24, 2.45) is 0 Å². The van der Waals surface area contributed by atoms with Crippen LogP contribution < -0.4 is 15.8 Å². The summed E-state index contributed by atoms with van der Waals surface area (Å²) in [6, 6.07) is 22.6. The molecule has 3 aromatic carbocycles. The Morgan fingerprint density at radius 3 is 2.50 bits per heavy atom. The van der Waals surface area contributed by atoms with Gasteiger partial charge in [-0.1, -0.05) is 50.2 Å². The van der Waals surface area contributed by atoms with Gasteiger partial charge in [0.1, 0.15) is 18.5 Å². The lowest BCUT2D eigenvalue weighted by molar-refractivity contribution is 0.00959. The number of hydrogen-bond acceptors (Lipinski definition) is 4. The van der Waals surface area contributed by atoms with Gasteiger partial charge in [0.05, 0.1) is 12.1 Å². The highest BCUT2D eigenvalue weighted by Gasteiger charge is 2.14. The Labute approximate surface area is 177 Å². The number of benzene rings is 3. The highest BCUT2D eigenvalue weighted by atomic mass is 16.5. The molecule has 5 nitrogen and oxygen atoms in total. The largest absolute Gasteiger partial charge is 0.490 e. The average Bonchev–Trinajstić information content (AvgIpc) is 3.13. The second-order valence-electron chi connectivity index (χ2n) is 7.90. The van der Waals surface area contributed by atoms with E-state index in [4.69, 9.17) is 15.2 Å². The fourth-order valence-electron chi connectivity index (χ4n) is 3.53. The number of nitrogen functional groups attached to an aromatic ring is 1. The second-order valence-corrected chi connectivity index (χ2v) is 7.90. The van der Waals surface area contributed by atoms with Crippen LogP contribution in [0.25, 0.3) is 21.8 Å². The molecule has 0 bridgehead atoms. The lowest BCUT2D eigenvalue weighted by Gasteiger charge is -2.21. The van der Waals surface area contributed by atoms with E-state index in [1.165, 1.54) is 5.39 Å². The van der Waals surface area contributed by atoms with Gasteiger partial charge in [-0.15, -0.1) is 0 Å². The zero-order valence-corrected chi connectivity index (χ0v) is 17.5. The lowest BCUT2D eigenvalue weighted by Crippen LogP contribution is -2.37. The zero-order chi connectivity index (χ0) is 20.9. The minimum Gasteiger partial charge on any atom is -0.490 e. The number of H-pyrrole nitrogens is 1. The highest BCUT2D eigenvalue weighted by Crippen LogP contribution is 2.33. The van der Waals surface area contributed by atoms with Gasteiger partial charge in [-0.3, -0.25) is 0 Å². The first-order valence-electron chi connectivity index (χ1n) is 10.4. The van der Waals surface area contributed by atoms with Crippen molar-refractivity contribution in [2.75, 3.05) is 18.9 Å². The van der Waals surface area contributed by atoms with Crippen molar-refractivity contribution in [3.05, 3.63) is 72.3 Å². The number of rotatable bonds is 9. The number of fused-ring (bicyclic) bond motifs is 3. The molecule has 4 N–H and O–H groups in total. The third-order valence-corrected chi connectivity index (χ3v) is 5.14. The summed E-state index contributed by atoms with van der Waals surface area (Å²) in [6.45, 7) is 5.96. The number of para-hydroxylation sites is 1. The van der Waals surface area contributed by atoms with Crippen molar-refractivity contribution in [1.29, 1.82) is 0 Å². The maximum absolute atomic E-state index is 6.28. The molecule has 0 aliphatic heterocycles. The van der Waals surface area contributed by atoms with E-state index in [-0.39, 0.29) is 6.10 Å². The van der Waals surface area contributed by atoms with Crippen LogP contribution >= 0.6 is 0 Å². The van der Waals surface area contributed by atoms with Crippen molar-refractivity contribution >= 4 is 27.5 Å². The molecule has 0 unspecified atom stereocenters. The molecule has 30 heavy (non-hydrogen) atoms. The molecule has 0 saturated heterocycles. The van der Waals surface area contributed by atoms with Gasteiger partial charge >= 0.3 is 0 Å². The van der Waals surface area contributed by atoms with Crippen LogP contribution in [0.5, 0.6) is 5.75 Å². The molecular formula is C25H29N3O2. The van der Waals surface area contributed by atoms with Crippen LogP contribution in [0.4, 0.5) is 5.69 Å². The van der Waals surface area contributed by atoms with Gasteiger partial charge in [0, 0.05) is 34.6 Å². The standard InChI is InChI=1S/C25H29N3O2/c1-17(2)27-14-20(29-15-18-10-12-19(26)13-11-18)16-30-24-9-5-8-23-25(24)21-6-3-4-7-22(21)28-23/h3-13,17,20,27-28H,14-16,26H2,1-2H3/t20-/m1/s1. The van der Waals surface area contributed by atoms with Crippen molar-refractivity contribution < 1.29 is 9.47 Å². The smallest absolute Gasteiger partial charge is 0.129 e. The maximum Gasteiger partial charge on any atom is 0.129 e. The molecule has 0 amide bonds. The van der Waals surface area contributed by atoms with Crippen molar-refractivity contribution in [1.82, 2.24) is 10.3 Å². The van der Waals surface area contributed by atoms with Gasteiger partial charge in [-0.25, -0.2) is 0 Å². The molecule has 0 saturated carbocycles. The minimum atomic E-state index is -0.0783. The van der Waals surface area contributed by atoms with Gasteiger partial charge in [0.2, 0.25) is 0 Å². The molecule has 4 rings (SSSR count). The summed E-state index contributed by atoms with van der Waals surface area (Å²) in [4.78, 5) is 3.46. The van der Waals surface area contributed by atoms with Gasteiger partial charge in [0.25, 0.3) is 0 Å². The molecule has 0 aliphatic carbocycles. The van der Waals surface area contributed by atoms with E-state index < -0.39 is 0 Å². The van der Waals surface area contributed by atoms with E-state index in [1.54, 1.807) is 0 Å². The van der Waals surface area contributed by atoms with E-state index in [1.807, 2.05) is 42.5 Å². The van der Waals surface area contributed by atoms with E-state index >= 15 is 0 Å². The average molecular weight is 404 g/mol. The number of hydrogen-bond donors (Lipinski definition) is 3. The topological polar surface area (TPSA) is 72.3 Å². The monoisotopic (exact) mass is 403 g/mol. The van der Waals surface area contributed by atoms with Crippen molar-refractivity contribution in [3.63, 3.8) is 0 Å². The summed E-state index contributed by atoms with van der Waals surface area (Å²) in [7, 11) is 0. The molecule has 0 spiro atoms. The lowest BCUT2D eigenvalue weighted by atomic mass is 10.1. The van der Waals surface area contributed by atoms with Crippen LogP contribution in [0.3, 0.4) is 0 Å². The first kappa shape index (κ1) is 20.3. The van der Waals surface area contributed by atoms with Crippen molar-refractivity contribution in [2.45, 2.75) is 32.6 Å². The summed E-state index contributed by atoms with van der Waals surface area (Å²) in [5.74, 6) is 0.871. The molecule has 0 fully saturated rings. The van der Waals surface area contributed by atoms with E-state index in [0.29, 0.717) is 19.3 Å². The predicted octanol–water partition coefficient (Wildman–Crippen LogP) is 4.87. The normalized spacial score (nSPS) is 12.6. The van der Waals surface area contributed by atoms with Gasteiger partial charge < -0.3 is 25.5 Å². The quantitative estimate of drug-likeness (QED) is 0.349. The molecule has 1 heterocycles. The Bertz CT molecular complexity index is 1100. The van der Waals surface area contributed by atoms with E-state index in [2.05, 4.69) is 48.4 Å². The van der Waals surface area contributed by atoms with E-state index in [0.717, 1.165) is 40.0 Å². The fraction of sp³-hybridized carbons (Fsp3) is 0.280. The highest BCUT2D eigenvalue weighted by molar-refractivity contribution is 6.10. The van der Waals surface area contributed by atoms with Crippen LogP contribution in [-0.4, -0.2) is 30.3 Å². The molecule has 0 radical (unpaired) electrons. The molecule has 5 heteroatoms. The number of aromatic amines is 1. The number of anilines is 1. The zero-order valence-electron chi connectivity index (χ0n) is 17.5. The summed E-state index contributed by atoms with van der Waals surface area (Å²) >= 11 is 0. The Morgan fingerprint density at radius 2 is 1.70 bits per heavy atom. The van der Waals surface area contributed by atoms with Crippen molar-refractivity contribution in [3.8, 4) is 5.75 Å². The summed E-state index contributed by atoms with van der Waals surface area (Å²) < 4.78 is 12.5. The fourth-order valence-corrected chi connectivity index (χ4v) is 3.53. The first-order valence-corrected chi connectivity index (χ1v) is 10.4. The molecule has 1 atom stereocenters. The molecule has 4 aromatic rings. The Kier molecular flexibility index (Phi) is 6.21. The Hall–Kier alpha value is -3.02. The second kappa shape index (κ2) is 9.20. The van der Waals surface area contributed by atoms with Gasteiger partial charge in [0.15, 0.2) is 0 Å². The third-order valence-electron chi connectivity index (χ3n) is 5.14. The number of nitrogens with one attached hydrogen (secondary N) is 2. The molecule has 0 aliphatic rings.